The fraction of sp³-hybridized carbons (Fsp3) is 0.769. The molecule has 6 nitrogen and oxygen atoms in total. The summed E-state index contributed by atoms with van der Waals surface area (Å²) in [6, 6.07) is 0. The zero-order valence-corrected chi connectivity index (χ0v) is 11.8. The summed E-state index contributed by atoms with van der Waals surface area (Å²) in [5.41, 5.74) is -0.456. The van der Waals surface area contributed by atoms with Crippen molar-refractivity contribution in [2.24, 2.45) is 0 Å². The Bertz CT molecular complexity index is 509. The third kappa shape index (κ3) is 1.99. The van der Waals surface area contributed by atoms with Crippen LogP contribution in [0.1, 0.15) is 51.7 Å². The van der Waals surface area contributed by atoms with E-state index in [1.165, 1.54) is 0 Å². The number of carbonyl (C=O) groups excluding carboxylic acids is 1. The lowest BCUT2D eigenvalue weighted by Crippen LogP contribution is -2.77. The van der Waals surface area contributed by atoms with Crippen LogP contribution in [0.5, 0.6) is 0 Å². The third-order valence-corrected chi connectivity index (χ3v) is 3.87. The van der Waals surface area contributed by atoms with Gasteiger partial charge in [0.05, 0.1) is 0 Å². The van der Waals surface area contributed by atoms with Gasteiger partial charge in [0.25, 0.3) is 0 Å². The van der Waals surface area contributed by atoms with Crippen LogP contribution in [0.2, 0.25) is 0 Å². The number of nitrogens with zero attached hydrogens (tertiary/aromatic N) is 2. The molecule has 6 heteroatoms. The summed E-state index contributed by atoms with van der Waals surface area (Å²) >= 11 is 0. The zero-order valence-electron chi connectivity index (χ0n) is 11.8. The molecule has 0 atom stereocenters. The van der Waals surface area contributed by atoms with Crippen LogP contribution >= 0.6 is 0 Å². The molecule has 2 bridgehead atoms. The van der Waals surface area contributed by atoms with E-state index in [0.717, 1.165) is 30.9 Å². The number of alkyl carbamates (subject to hydrolysis) is 1. The number of H-pyrrole nitrogens is 1. The first kappa shape index (κ1) is 12.4. The molecular formula is C13H20N4O2. The highest BCUT2D eigenvalue weighted by molar-refractivity contribution is 5.70. The number of ether oxygens (including phenoxy) is 1. The SMILES string of the molecule is Cc1nc(C23CC(NC(=O)OC(C)(C)C)(C2)C3)n[nH]1. The molecule has 3 aliphatic rings. The van der Waals surface area contributed by atoms with Gasteiger partial charge < -0.3 is 10.1 Å². The highest BCUT2D eigenvalue weighted by Gasteiger charge is 2.71. The Morgan fingerprint density at radius 2 is 2.00 bits per heavy atom. The van der Waals surface area contributed by atoms with Crippen molar-refractivity contribution in [3.05, 3.63) is 11.6 Å². The molecule has 0 radical (unpaired) electrons. The minimum atomic E-state index is -0.452. The fourth-order valence-electron chi connectivity index (χ4n) is 3.26. The van der Waals surface area contributed by atoms with Crippen molar-refractivity contribution in [1.29, 1.82) is 0 Å². The molecule has 2 N–H and O–H groups in total. The van der Waals surface area contributed by atoms with E-state index in [1.54, 1.807) is 0 Å². The summed E-state index contributed by atoms with van der Waals surface area (Å²) in [6.07, 6.45) is 2.41. The van der Waals surface area contributed by atoms with E-state index in [4.69, 9.17) is 4.74 Å². The number of hydrogen-bond donors (Lipinski definition) is 2. The van der Waals surface area contributed by atoms with E-state index in [1.807, 2.05) is 27.7 Å². The van der Waals surface area contributed by atoms with E-state index < -0.39 is 5.60 Å². The number of aryl methyl sites for hydroxylation is 1. The first-order chi connectivity index (χ1) is 8.72. The third-order valence-electron chi connectivity index (χ3n) is 3.87. The van der Waals surface area contributed by atoms with Crippen molar-refractivity contribution in [2.75, 3.05) is 0 Å². The van der Waals surface area contributed by atoms with Crippen LogP contribution in [-0.2, 0) is 10.2 Å². The van der Waals surface area contributed by atoms with Crippen molar-refractivity contribution in [1.82, 2.24) is 20.5 Å². The van der Waals surface area contributed by atoms with Gasteiger partial charge in [-0.2, -0.15) is 5.10 Å². The lowest BCUT2D eigenvalue weighted by atomic mass is 9.39. The van der Waals surface area contributed by atoms with Gasteiger partial charge in [0.15, 0.2) is 5.82 Å². The fourth-order valence-corrected chi connectivity index (χ4v) is 3.26. The van der Waals surface area contributed by atoms with Crippen LogP contribution in [0.15, 0.2) is 0 Å². The van der Waals surface area contributed by atoms with Crippen LogP contribution < -0.4 is 5.32 Å². The molecule has 3 saturated carbocycles. The summed E-state index contributed by atoms with van der Waals surface area (Å²) in [7, 11) is 0. The van der Waals surface area contributed by atoms with Crippen molar-refractivity contribution in [2.45, 2.75) is 63.5 Å². The van der Waals surface area contributed by atoms with E-state index in [2.05, 4.69) is 20.5 Å². The summed E-state index contributed by atoms with van der Waals surface area (Å²) in [4.78, 5) is 16.2. The van der Waals surface area contributed by atoms with Crippen LogP contribution in [0, 0.1) is 6.92 Å². The maximum atomic E-state index is 11.8. The van der Waals surface area contributed by atoms with Gasteiger partial charge in [-0.05, 0) is 47.0 Å². The molecule has 1 heterocycles. The number of rotatable bonds is 2. The summed E-state index contributed by atoms with van der Waals surface area (Å²) < 4.78 is 5.29. The summed E-state index contributed by atoms with van der Waals surface area (Å²) in [6.45, 7) is 7.50. The van der Waals surface area contributed by atoms with Crippen LogP contribution in [0.3, 0.4) is 0 Å². The minimum Gasteiger partial charge on any atom is -0.444 e. The minimum absolute atomic E-state index is 0.0831. The van der Waals surface area contributed by atoms with Gasteiger partial charge in [-0.25, -0.2) is 9.78 Å². The molecule has 1 amide bonds. The average molecular weight is 264 g/mol. The average Bonchev–Trinajstić information content (AvgIpc) is 2.52. The van der Waals surface area contributed by atoms with Crippen LogP contribution in [0.25, 0.3) is 0 Å². The van der Waals surface area contributed by atoms with Gasteiger partial charge in [0, 0.05) is 11.0 Å². The highest BCUT2D eigenvalue weighted by atomic mass is 16.6. The second-order valence-corrected chi connectivity index (χ2v) is 6.96. The van der Waals surface area contributed by atoms with E-state index >= 15 is 0 Å². The molecule has 0 aliphatic heterocycles. The van der Waals surface area contributed by atoms with Crippen molar-refractivity contribution < 1.29 is 9.53 Å². The molecule has 0 saturated heterocycles. The maximum absolute atomic E-state index is 11.8. The highest BCUT2D eigenvalue weighted by Crippen LogP contribution is 2.67. The molecule has 19 heavy (non-hydrogen) atoms. The largest absolute Gasteiger partial charge is 0.444 e. The maximum Gasteiger partial charge on any atom is 0.408 e. The van der Waals surface area contributed by atoms with Gasteiger partial charge in [-0.1, -0.05) is 0 Å². The molecular weight excluding hydrogens is 244 g/mol. The first-order valence-corrected chi connectivity index (χ1v) is 6.63. The Kier molecular flexibility index (Phi) is 2.29. The second-order valence-electron chi connectivity index (χ2n) is 6.96. The quantitative estimate of drug-likeness (QED) is 0.853. The van der Waals surface area contributed by atoms with Gasteiger partial charge in [-0.3, -0.25) is 5.10 Å². The predicted octanol–water partition coefficient (Wildman–Crippen LogP) is 1.81. The molecule has 104 valence electrons. The van der Waals surface area contributed by atoms with Gasteiger partial charge in [0.2, 0.25) is 0 Å². The standard InChI is InChI=1S/C13H20N4O2/c1-8-14-9(17-16-8)12-5-13(6-12,7-12)15-10(18)19-11(2,3)4/h5-7H2,1-4H3,(H,15,18)(H,14,16,17). The molecule has 0 spiro atoms. The van der Waals surface area contributed by atoms with Crippen molar-refractivity contribution >= 4 is 6.09 Å². The lowest BCUT2D eigenvalue weighted by Gasteiger charge is -2.68. The Morgan fingerprint density at radius 3 is 2.47 bits per heavy atom. The van der Waals surface area contributed by atoms with Crippen molar-refractivity contribution in [3.63, 3.8) is 0 Å². The Morgan fingerprint density at radius 1 is 1.37 bits per heavy atom. The van der Waals surface area contributed by atoms with Gasteiger partial charge in [0.1, 0.15) is 11.4 Å². The molecule has 1 aromatic rings. The zero-order chi connectivity index (χ0) is 13.9. The Hall–Kier alpha value is -1.59. The van der Waals surface area contributed by atoms with Crippen LogP contribution in [-0.4, -0.2) is 32.4 Å². The number of aromatic amines is 1. The predicted molar refractivity (Wildman–Crippen MR) is 68.7 cm³/mol. The Balaban J connectivity index is 1.57. The molecule has 0 aromatic carbocycles. The lowest BCUT2D eigenvalue weighted by molar-refractivity contribution is -0.0933. The molecule has 4 rings (SSSR count). The Labute approximate surface area is 112 Å². The summed E-state index contributed by atoms with van der Waals surface area (Å²) in [5.74, 6) is 1.73. The topological polar surface area (TPSA) is 79.9 Å². The monoisotopic (exact) mass is 264 g/mol. The number of amides is 1. The number of nitrogens with one attached hydrogen (secondary N) is 2. The molecule has 3 aliphatic carbocycles. The smallest absolute Gasteiger partial charge is 0.408 e. The first-order valence-electron chi connectivity index (χ1n) is 6.63. The molecule has 0 unspecified atom stereocenters. The molecule has 3 fully saturated rings. The van der Waals surface area contributed by atoms with E-state index in [0.29, 0.717) is 0 Å². The normalized spacial score (nSPS) is 32.2. The number of aromatic nitrogens is 3. The number of carbonyl (C=O) groups is 1. The summed E-state index contributed by atoms with van der Waals surface area (Å²) in [5, 5.41) is 10.1. The van der Waals surface area contributed by atoms with Gasteiger partial charge >= 0.3 is 6.09 Å². The second kappa shape index (κ2) is 3.49. The van der Waals surface area contributed by atoms with Gasteiger partial charge in [-0.15, -0.1) is 0 Å². The number of hydrogen-bond acceptors (Lipinski definition) is 4. The van der Waals surface area contributed by atoms with E-state index in [-0.39, 0.29) is 17.0 Å². The molecule has 1 aromatic heterocycles. The van der Waals surface area contributed by atoms with E-state index in [9.17, 15) is 4.79 Å². The van der Waals surface area contributed by atoms with Crippen LogP contribution in [0.4, 0.5) is 4.79 Å². The van der Waals surface area contributed by atoms with Crippen molar-refractivity contribution in [3.8, 4) is 0 Å².